The van der Waals surface area contributed by atoms with E-state index >= 15 is 0 Å². The van der Waals surface area contributed by atoms with Crippen LogP contribution in [-0.2, 0) is 4.79 Å². The Morgan fingerprint density at radius 3 is 2.25 bits per heavy atom. The summed E-state index contributed by atoms with van der Waals surface area (Å²) in [7, 11) is 0. The van der Waals surface area contributed by atoms with E-state index < -0.39 is 5.97 Å². The monoisotopic (exact) mass is 398 g/mol. The number of carbonyl (C=O) groups is 2. The molecule has 3 rings (SSSR count). The molecule has 0 atom stereocenters. The molecule has 28 heavy (non-hydrogen) atoms. The van der Waals surface area contributed by atoms with Gasteiger partial charge in [0.25, 0.3) is 5.91 Å². The second kappa shape index (κ2) is 8.63. The van der Waals surface area contributed by atoms with E-state index in [1.165, 1.54) is 0 Å². The van der Waals surface area contributed by atoms with Crippen molar-refractivity contribution in [3.05, 3.63) is 82.6 Å². The molecule has 0 saturated heterocycles. The first-order chi connectivity index (χ1) is 13.4. The van der Waals surface area contributed by atoms with Crippen molar-refractivity contribution in [2.45, 2.75) is 13.8 Å². The zero-order valence-corrected chi connectivity index (χ0v) is 16.2. The van der Waals surface area contributed by atoms with Crippen molar-refractivity contribution in [2.75, 3.05) is 12.0 Å². The number of amides is 1. The number of para-hydroxylation sites is 1. The van der Waals surface area contributed by atoms with E-state index in [4.69, 9.17) is 21.1 Å². The van der Waals surface area contributed by atoms with Gasteiger partial charge >= 0.3 is 5.97 Å². The topological polar surface area (TPSA) is 69.6 Å². The highest BCUT2D eigenvalue weighted by molar-refractivity contribution is 6.32. The third-order valence-electron chi connectivity index (χ3n) is 4.01. The third kappa shape index (κ3) is 4.72. The number of halogens is 1. The van der Waals surface area contributed by atoms with Crippen molar-refractivity contribution in [1.82, 2.24) is 4.68 Å². The average Bonchev–Trinajstić information content (AvgIpc) is 3.00. The maximum absolute atomic E-state index is 12.4. The molecule has 0 saturated carbocycles. The van der Waals surface area contributed by atoms with Gasteiger partial charge in [-0.15, -0.1) is 0 Å². The van der Waals surface area contributed by atoms with E-state index in [0.29, 0.717) is 22.1 Å². The Morgan fingerprint density at radius 2 is 1.61 bits per heavy atom. The van der Waals surface area contributed by atoms with Crippen LogP contribution in [0.15, 0.2) is 60.7 Å². The molecule has 0 aliphatic carbocycles. The highest BCUT2D eigenvalue weighted by Crippen LogP contribution is 2.23. The molecule has 7 heteroatoms. The minimum atomic E-state index is -0.573. The molecule has 144 valence electrons. The molecular weight excluding hydrogens is 380 g/mol. The van der Waals surface area contributed by atoms with Crippen LogP contribution in [-0.4, -0.2) is 23.2 Å². The van der Waals surface area contributed by atoms with Crippen molar-refractivity contribution < 1.29 is 19.1 Å². The summed E-state index contributed by atoms with van der Waals surface area (Å²) in [4.78, 5) is 24.3. The van der Waals surface area contributed by atoms with Crippen LogP contribution in [0.1, 0.15) is 21.7 Å². The highest BCUT2D eigenvalue weighted by atomic mass is 35.5. The number of hydrogen-bond acceptors (Lipinski definition) is 4. The predicted molar refractivity (Wildman–Crippen MR) is 107 cm³/mol. The maximum atomic E-state index is 12.4. The van der Waals surface area contributed by atoms with E-state index in [2.05, 4.69) is 5.43 Å². The Morgan fingerprint density at radius 1 is 0.964 bits per heavy atom. The Bertz CT molecular complexity index is 976. The Balaban J connectivity index is 1.56. The lowest BCUT2D eigenvalue weighted by molar-refractivity contribution is -0.136. The third-order valence-corrected chi connectivity index (χ3v) is 4.33. The van der Waals surface area contributed by atoms with Crippen LogP contribution in [0.3, 0.4) is 0 Å². The van der Waals surface area contributed by atoms with E-state index in [-0.39, 0.29) is 12.5 Å². The van der Waals surface area contributed by atoms with Gasteiger partial charge in [0.15, 0.2) is 6.61 Å². The zero-order chi connectivity index (χ0) is 20.1. The summed E-state index contributed by atoms with van der Waals surface area (Å²) in [5.41, 5.74) is 5.11. The van der Waals surface area contributed by atoms with Crippen molar-refractivity contribution in [3.63, 3.8) is 0 Å². The molecule has 1 aromatic heterocycles. The zero-order valence-electron chi connectivity index (χ0n) is 15.4. The first kappa shape index (κ1) is 19.5. The molecule has 1 heterocycles. The van der Waals surface area contributed by atoms with Crippen LogP contribution in [0, 0.1) is 13.8 Å². The molecule has 0 radical (unpaired) electrons. The lowest BCUT2D eigenvalue weighted by Gasteiger charge is -2.11. The number of benzene rings is 2. The fraction of sp³-hybridized carbons (Fsp3) is 0.143. The molecule has 3 aromatic rings. The molecule has 6 nitrogen and oxygen atoms in total. The maximum Gasteiger partial charge on any atom is 0.349 e. The van der Waals surface area contributed by atoms with E-state index in [0.717, 1.165) is 11.4 Å². The van der Waals surface area contributed by atoms with E-state index in [1.807, 2.05) is 26.0 Å². The van der Waals surface area contributed by atoms with Gasteiger partial charge in [0, 0.05) is 17.0 Å². The Hall–Kier alpha value is -3.25. The van der Waals surface area contributed by atoms with Crippen LogP contribution in [0.2, 0.25) is 5.02 Å². The summed E-state index contributed by atoms with van der Waals surface area (Å²) in [6.07, 6.45) is 0. The molecule has 1 N–H and O–H groups in total. The van der Waals surface area contributed by atoms with Crippen molar-refractivity contribution in [2.24, 2.45) is 0 Å². The molecule has 0 aliphatic rings. The van der Waals surface area contributed by atoms with E-state index in [9.17, 15) is 9.59 Å². The molecule has 1 amide bonds. The number of esters is 1. The molecule has 0 fully saturated rings. The van der Waals surface area contributed by atoms with Crippen LogP contribution in [0.4, 0.5) is 0 Å². The minimum absolute atomic E-state index is 0.262. The molecule has 0 unspecified atom stereocenters. The lowest BCUT2D eigenvalue weighted by atomic mass is 10.2. The predicted octanol–water partition coefficient (Wildman–Crippen LogP) is 4.13. The van der Waals surface area contributed by atoms with E-state index in [1.54, 1.807) is 53.2 Å². The number of aryl methyl sites for hydroxylation is 2. The summed E-state index contributed by atoms with van der Waals surface area (Å²) in [6, 6.07) is 17.0. The quantitative estimate of drug-likeness (QED) is 0.500. The smallest absolute Gasteiger partial charge is 0.349 e. The standard InChI is InChI=1S/C21H19ClN2O4/c1-14-7-8-15(2)24(14)23-21(26)16-9-11-17(12-10-16)28-20(25)13-27-19-6-4-3-5-18(19)22/h3-12H,13H2,1-2H3,(H,23,26). The first-order valence-electron chi connectivity index (χ1n) is 8.58. The van der Waals surface area contributed by atoms with Crippen LogP contribution in [0.25, 0.3) is 0 Å². The summed E-state index contributed by atoms with van der Waals surface area (Å²) in [6.45, 7) is 3.53. The van der Waals surface area contributed by atoms with Crippen LogP contribution >= 0.6 is 11.6 Å². The second-order valence-corrected chi connectivity index (χ2v) is 6.52. The second-order valence-electron chi connectivity index (χ2n) is 6.11. The number of nitrogens with zero attached hydrogens (tertiary/aromatic N) is 1. The van der Waals surface area contributed by atoms with Gasteiger partial charge in [-0.05, 0) is 62.4 Å². The Kier molecular flexibility index (Phi) is 6.01. The summed E-state index contributed by atoms with van der Waals surface area (Å²) in [5.74, 6) is -0.112. The largest absolute Gasteiger partial charge is 0.480 e. The first-order valence-corrected chi connectivity index (χ1v) is 8.96. The number of carbonyl (C=O) groups excluding carboxylic acids is 2. The molecule has 0 aliphatic heterocycles. The minimum Gasteiger partial charge on any atom is -0.480 e. The summed E-state index contributed by atoms with van der Waals surface area (Å²) in [5, 5.41) is 0.416. The van der Waals surface area contributed by atoms with Gasteiger partial charge in [0.05, 0.1) is 5.02 Å². The van der Waals surface area contributed by atoms with Gasteiger partial charge in [0.1, 0.15) is 11.5 Å². The molecular formula is C21H19ClN2O4. The molecule has 0 bridgehead atoms. The fourth-order valence-corrected chi connectivity index (χ4v) is 2.73. The number of nitrogens with one attached hydrogen (secondary N) is 1. The van der Waals surface area contributed by atoms with Crippen molar-refractivity contribution >= 4 is 23.5 Å². The number of rotatable bonds is 6. The average molecular weight is 399 g/mol. The van der Waals surface area contributed by atoms with Crippen LogP contribution < -0.4 is 14.9 Å². The fourth-order valence-electron chi connectivity index (χ4n) is 2.54. The highest BCUT2D eigenvalue weighted by Gasteiger charge is 2.11. The van der Waals surface area contributed by atoms with Gasteiger partial charge in [-0.1, -0.05) is 23.7 Å². The Labute approximate surface area is 167 Å². The van der Waals surface area contributed by atoms with Gasteiger partial charge in [-0.3, -0.25) is 14.9 Å². The number of hydrogen-bond donors (Lipinski definition) is 1. The van der Waals surface area contributed by atoms with Gasteiger partial charge in [-0.25, -0.2) is 4.79 Å². The van der Waals surface area contributed by atoms with Gasteiger partial charge in [0.2, 0.25) is 0 Å². The number of ether oxygens (including phenoxy) is 2. The SMILES string of the molecule is Cc1ccc(C)n1NC(=O)c1ccc(OC(=O)COc2ccccc2Cl)cc1. The van der Waals surface area contributed by atoms with Crippen molar-refractivity contribution in [3.8, 4) is 11.5 Å². The van der Waals surface area contributed by atoms with Crippen LogP contribution in [0.5, 0.6) is 11.5 Å². The van der Waals surface area contributed by atoms with Crippen molar-refractivity contribution in [1.29, 1.82) is 0 Å². The molecule has 2 aromatic carbocycles. The van der Waals surface area contributed by atoms with Gasteiger partial charge < -0.3 is 9.47 Å². The van der Waals surface area contributed by atoms with Gasteiger partial charge in [-0.2, -0.15) is 0 Å². The summed E-state index contributed by atoms with van der Waals surface area (Å²) < 4.78 is 12.3. The summed E-state index contributed by atoms with van der Waals surface area (Å²) >= 11 is 5.97. The lowest BCUT2D eigenvalue weighted by Crippen LogP contribution is -2.24. The number of aromatic nitrogens is 1. The molecule has 0 spiro atoms. The normalized spacial score (nSPS) is 10.4.